The summed E-state index contributed by atoms with van der Waals surface area (Å²) in [4.78, 5) is 0. The monoisotopic (exact) mass is 231 g/mol. The summed E-state index contributed by atoms with van der Waals surface area (Å²) in [6.45, 7) is 3.49. The lowest BCUT2D eigenvalue weighted by Gasteiger charge is -1.98. The van der Waals surface area contributed by atoms with Gasteiger partial charge in [0.25, 0.3) is 0 Å². The summed E-state index contributed by atoms with van der Waals surface area (Å²) in [5.74, 6) is 0. The van der Waals surface area contributed by atoms with Crippen LogP contribution in [0.3, 0.4) is 0 Å². The summed E-state index contributed by atoms with van der Waals surface area (Å²) < 4.78 is 19.2. The summed E-state index contributed by atoms with van der Waals surface area (Å²) in [6.07, 6.45) is 0. The molecule has 0 amide bonds. The summed E-state index contributed by atoms with van der Waals surface area (Å²) in [6, 6.07) is 0. The van der Waals surface area contributed by atoms with Gasteiger partial charge in [0.2, 0.25) is 20.2 Å². The Kier molecular flexibility index (Phi) is 11.3. The van der Waals surface area contributed by atoms with Crippen LogP contribution in [0.5, 0.6) is 0 Å². The molecule has 0 unspecified atom stereocenters. The Labute approximate surface area is 79.3 Å². The molecule has 0 aliphatic carbocycles. The Morgan fingerprint density at radius 1 is 1.09 bits per heavy atom. The van der Waals surface area contributed by atoms with E-state index in [1.54, 1.807) is 5.70 Å². The molecule has 0 aromatic heterocycles. The first kappa shape index (κ1) is 11.7. The summed E-state index contributed by atoms with van der Waals surface area (Å²) in [5, 5.41) is 0. The molecule has 0 fully saturated rings. The molecule has 0 rings (SSSR count). The molecule has 0 spiro atoms. The lowest BCUT2D eigenvalue weighted by atomic mass is 11.3. The molecule has 0 aliphatic heterocycles. The molecule has 0 saturated heterocycles. The van der Waals surface area contributed by atoms with Gasteiger partial charge in [-0.05, 0) is 0 Å². The molecule has 0 aliphatic rings. The predicted molar refractivity (Wildman–Crippen MR) is 43.3 cm³/mol. The average Bonchev–Trinajstić information content (AvgIpc) is 2.03. The van der Waals surface area contributed by atoms with Crippen molar-refractivity contribution < 1.29 is 16.5 Å². The fourth-order valence-electron chi connectivity index (χ4n) is 0.162. The fourth-order valence-corrected chi connectivity index (χ4v) is 2.59. The summed E-state index contributed by atoms with van der Waals surface area (Å²) in [5.41, 5.74) is 1.68. The highest BCUT2D eigenvalue weighted by Gasteiger charge is 1.96. The Balaban J connectivity index is 2.74. The van der Waals surface area contributed by atoms with Crippen molar-refractivity contribution in [2.45, 2.75) is 0 Å². The molecule has 4 nitrogen and oxygen atoms in total. The maximum Gasteiger partial charge on any atom is 0.412 e. The predicted octanol–water partition coefficient (Wildman–Crippen LogP) is -1.50. The van der Waals surface area contributed by atoms with Gasteiger partial charge in [-0.3, -0.25) is 0 Å². The second-order valence-corrected chi connectivity index (χ2v) is 5.39. The van der Waals surface area contributed by atoms with E-state index in [1.807, 2.05) is 0 Å². The van der Waals surface area contributed by atoms with Crippen molar-refractivity contribution in [1.82, 2.24) is 0 Å². The van der Waals surface area contributed by atoms with Crippen LogP contribution in [0, 0.1) is 0 Å². The van der Waals surface area contributed by atoms with Crippen LogP contribution in [0.4, 0.5) is 0 Å². The lowest BCUT2D eigenvalue weighted by Crippen LogP contribution is -2.15. The largest absolute Gasteiger partial charge is 0.435 e. The maximum absolute atomic E-state index is 4.96. The smallest absolute Gasteiger partial charge is 0.412 e. The maximum atomic E-state index is 4.96. The third kappa shape index (κ3) is 10.7. The second-order valence-electron chi connectivity index (χ2n) is 0.980. The van der Waals surface area contributed by atoms with Crippen LogP contribution < -0.4 is 0 Å². The van der Waals surface area contributed by atoms with Crippen LogP contribution >= 0.6 is 0 Å². The first-order valence-corrected chi connectivity index (χ1v) is 6.17. The van der Waals surface area contributed by atoms with E-state index in [4.69, 9.17) is 12.3 Å². The van der Waals surface area contributed by atoms with Crippen molar-refractivity contribution in [1.29, 1.82) is 0 Å². The van der Waals surface area contributed by atoms with Gasteiger partial charge in [0.15, 0.2) is 0 Å². The minimum Gasteiger partial charge on any atom is -0.435 e. The highest BCUT2D eigenvalue weighted by molar-refractivity contribution is 6.48. The minimum atomic E-state index is -0.0410. The number of hydrogen-bond acceptors (Lipinski definition) is 4. The van der Waals surface area contributed by atoms with E-state index < -0.39 is 0 Å². The van der Waals surface area contributed by atoms with Gasteiger partial charge in [-0.15, -0.1) is 6.58 Å². The molecule has 0 saturated carbocycles. The van der Waals surface area contributed by atoms with Crippen molar-refractivity contribution in [3.05, 3.63) is 12.3 Å². The highest BCUT2D eigenvalue weighted by Crippen LogP contribution is 1.72. The van der Waals surface area contributed by atoms with Crippen molar-refractivity contribution in [3.8, 4) is 0 Å². The number of hydrogen-bond donors (Lipinski definition) is 0. The van der Waals surface area contributed by atoms with E-state index in [0.717, 1.165) is 0 Å². The van der Waals surface area contributed by atoms with E-state index in [9.17, 15) is 0 Å². The van der Waals surface area contributed by atoms with Crippen LogP contribution in [-0.2, 0) is 16.5 Å². The first-order valence-electron chi connectivity index (χ1n) is 2.33. The van der Waals surface area contributed by atoms with Crippen LogP contribution in [0.2, 0.25) is 0 Å². The van der Waals surface area contributed by atoms with Gasteiger partial charge in [0.05, 0.1) is 0 Å². The molecule has 0 aromatic rings. The fraction of sp³-hybridized carbons (Fsp3) is 0. The van der Waals surface area contributed by atoms with Gasteiger partial charge in [0, 0.05) is 0 Å². The zero-order valence-electron chi connectivity index (χ0n) is 5.42. The molecular formula is C2H3O4Si5. The quantitative estimate of drug-likeness (QED) is 0.376. The first-order chi connectivity index (χ1) is 5.41. The molecule has 9 heteroatoms. The van der Waals surface area contributed by atoms with Crippen molar-refractivity contribution in [2.24, 2.45) is 0 Å². The van der Waals surface area contributed by atoms with Crippen LogP contribution in [0.1, 0.15) is 0 Å². The van der Waals surface area contributed by atoms with Gasteiger partial charge in [-0.1, -0.05) is 5.70 Å². The van der Waals surface area contributed by atoms with Crippen molar-refractivity contribution in [3.63, 3.8) is 0 Å². The zero-order valence-corrected chi connectivity index (χ0v) is 10.4. The summed E-state index contributed by atoms with van der Waals surface area (Å²) >= 11 is 0. The van der Waals surface area contributed by atoms with Gasteiger partial charge in [-0.2, -0.15) is 0 Å². The molecule has 11 heavy (non-hydrogen) atoms. The summed E-state index contributed by atoms with van der Waals surface area (Å²) in [7, 11) is 3.01. The number of rotatable bonds is 8. The lowest BCUT2D eigenvalue weighted by molar-refractivity contribution is 0.408. The van der Waals surface area contributed by atoms with Gasteiger partial charge in [0.1, 0.15) is 0 Å². The van der Waals surface area contributed by atoms with Gasteiger partial charge < -0.3 is 16.5 Å². The second kappa shape index (κ2) is 10.7. The topological polar surface area (TPSA) is 36.9 Å². The van der Waals surface area contributed by atoms with Crippen molar-refractivity contribution in [2.75, 3.05) is 0 Å². The van der Waals surface area contributed by atoms with Crippen LogP contribution in [0.25, 0.3) is 0 Å². The normalized spacial score (nSPS) is 9.91. The van der Waals surface area contributed by atoms with Crippen LogP contribution in [0.15, 0.2) is 12.3 Å². The molecule has 0 atom stereocenters. The highest BCUT2D eigenvalue weighted by atomic mass is 28.4. The zero-order chi connectivity index (χ0) is 8.36. The van der Waals surface area contributed by atoms with E-state index in [2.05, 4.69) is 21.2 Å². The third-order valence-electron chi connectivity index (χ3n) is 0.392. The third-order valence-corrected chi connectivity index (χ3v) is 3.03. The molecule has 0 N–H and O–H groups in total. The van der Waals surface area contributed by atoms with E-state index in [1.165, 1.54) is 0 Å². The van der Waals surface area contributed by atoms with E-state index in [-0.39, 0.29) is 39.8 Å². The van der Waals surface area contributed by atoms with Crippen molar-refractivity contribution >= 4 is 50.3 Å². The minimum absolute atomic E-state index is 0.0118. The van der Waals surface area contributed by atoms with E-state index >= 15 is 0 Å². The van der Waals surface area contributed by atoms with Gasteiger partial charge in [-0.25, -0.2) is 0 Å². The molecule has 55 valence electrons. The molecule has 0 heterocycles. The Morgan fingerprint density at radius 3 is 2.36 bits per heavy atom. The molecular weight excluding hydrogens is 228 g/mol. The standard InChI is InChI=1S/C2H3O4Si5/c1-2-8-4-10-6-11-5-9-3-7/h2H,1H2. The molecule has 11 radical (unpaired) electrons. The Morgan fingerprint density at radius 2 is 1.73 bits per heavy atom. The SMILES string of the molecule is C=C[Si]O[Si]O[Si]O[Si]O[Si]. The van der Waals surface area contributed by atoms with Gasteiger partial charge >= 0.3 is 30.0 Å². The molecule has 0 aromatic carbocycles. The van der Waals surface area contributed by atoms with E-state index in [0.29, 0.717) is 0 Å². The Hall–Kier alpha value is 0.664. The van der Waals surface area contributed by atoms with Crippen LogP contribution in [-0.4, -0.2) is 50.3 Å². The average molecular weight is 231 g/mol. The molecule has 0 bridgehead atoms. The Bertz CT molecular complexity index is 90.6.